The van der Waals surface area contributed by atoms with E-state index >= 15 is 0 Å². The van der Waals surface area contributed by atoms with Gasteiger partial charge in [0.2, 0.25) is 5.91 Å². The van der Waals surface area contributed by atoms with Crippen molar-refractivity contribution in [3.63, 3.8) is 0 Å². The number of carbonyl (C=O) groups is 2. The minimum atomic E-state index is -0.144. The number of Topliss-reactive ketones (excluding diaryl/α,β-unsaturated/α-hetero) is 1. The van der Waals surface area contributed by atoms with E-state index in [2.05, 4.69) is 71.3 Å². The Balaban J connectivity index is 1.49. The standard InChI is InChI=1S/C27H51N3O2/c1-24(2)18-20(26(5,6)29-24)22(31)16-14-12-10-9-11-13-15-17-28-23(32)21-19-25(3,4)30-27(21,7)8/h20-21,29-30H,9-19H2,1-8H3,(H,28,32). The fourth-order valence-corrected chi connectivity index (χ4v) is 6.31. The lowest BCUT2D eigenvalue weighted by Gasteiger charge is -2.27. The van der Waals surface area contributed by atoms with Crippen LogP contribution in [0, 0.1) is 11.8 Å². The van der Waals surface area contributed by atoms with E-state index in [0.717, 1.165) is 51.5 Å². The summed E-state index contributed by atoms with van der Waals surface area (Å²) in [5, 5.41) is 10.4. The van der Waals surface area contributed by atoms with Crippen LogP contribution in [0.5, 0.6) is 0 Å². The smallest absolute Gasteiger partial charge is 0.225 e. The molecule has 186 valence electrons. The van der Waals surface area contributed by atoms with Gasteiger partial charge in [-0.15, -0.1) is 0 Å². The van der Waals surface area contributed by atoms with E-state index in [0.29, 0.717) is 5.78 Å². The number of unbranched alkanes of at least 4 members (excludes halogenated alkanes) is 6. The van der Waals surface area contributed by atoms with E-state index in [-0.39, 0.29) is 39.9 Å². The van der Waals surface area contributed by atoms with Crippen molar-refractivity contribution in [1.29, 1.82) is 0 Å². The molecule has 32 heavy (non-hydrogen) atoms. The lowest BCUT2D eigenvalue weighted by atomic mass is 9.82. The predicted octanol–water partition coefficient (Wildman–Crippen LogP) is 5.13. The Labute approximate surface area is 197 Å². The van der Waals surface area contributed by atoms with Gasteiger partial charge in [0.15, 0.2) is 0 Å². The zero-order chi connectivity index (χ0) is 24.2. The molecule has 0 aromatic rings. The van der Waals surface area contributed by atoms with Crippen molar-refractivity contribution in [1.82, 2.24) is 16.0 Å². The number of hydrogen-bond donors (Lipinski definition) is 3. The molecule has 5 heteroatoms. The van der Waals surface area contributed by atoms with Crippen molar-refractivity contribution >= 4 is 11.7 Å². The van der Waals surface area contributed by atoms with Gasteiger partial charge in [0, 0.05) is 41.0 Å². The Bertz CT molecular complexity index is 595. The fourth-order valence-electron chi connectivity index (χ4n) is 6.31. The largest absolute Gasteiger partial charge is 0.356 e. The molecule has 5 nitrogen and oxygen atoms in total. The van der Waals surface area contributed by atoms with Crippen LogP contribution in [0.3, 0.4) is 0 Å². The van der Waals surface area contributed by atoms with E-state index in [9.17, 15) is 9.59 Å². The van der Waals surface area contributed by atoms with Gasteiger partial charge in [-0.2, -0.15) is 0 Å². The topological polar surface area (TPSA) is 70.2 Å². The predicted molar refractivity (Wildman–Crippen MR) is 134 cm³/mol. The summed E-state index contributed by atoms with van der Waals surface area (Å²) in [4.78, 5) is 25.3. The van der Waals surface area contributed by atoms with Crippen molar-refractivity contribution in [3.8, 4) is 0 Å². The fraction of sp³-hybridized carbons (Fsp3) is 0.926. The normalized spacial score (nSPS) is 27.4. The number of amides is 1. The van der Waals surface area contributed by atoms with E-state index < -0.39 is 0 Å². The highest BCUT2D eigenvalue weighted by Gasteiger charge is 2.48. The molecule has 0 saturated carbocycles. The van der Waals surface area contributed by atoms with E-state index in [1.54, 1.807) is 0 Å². The molecule has 0 aromatic carbocycles. The minimum absolute atomic E-state index is 0.0247. The molecule has 2 atom stereocenters. The molecule has 2 heterocycles. The Morgan fingerprint density at radius 3 is 1.59 bits per heavy atom. The van der Waals surface area contributed by atoms with Gasteiger partial charge < -0.3 is 16.0 Å². The van der Waals surface area contributed by atoms with Crippen LogP contribution in [0.2, 0.25) is 0 Å². The van der Waals surface area contributed by atoms with Crippen molar-refractivity contribution in [2.45, 2.75) is 142 Å². The average molecular weight is 450 g/mol. The maximum atomic E-state index is 12.7. The third-order valence-electron chi connectivity index (χ3n) is 7.60. The van der Waals surface area contributed by atoms with E-state index in [4.69, 9.17) is 0 Å². The Kier molecular flexibility index (Phi) is 9.00. The molecular weight excluding hydrogens is 398 g/mol. The highest BCUT2D eigenvalue weighted by Crippen LogP contribution is 2.37. The lowest BCUT2D eigenvalue weighted by molar-refractivity contribution is -0.126. The van der Waals surface area contributed by atoms with Crippen LogP contribution in [0.1, 0.15) is 120 Å². The minimum Gasteiger partial charge on any atom is -0.356 e. The Hall–Kier alpha value is -0.940. The quantitative estimate of drug-likeness (QED) is 0.361. The zero-order valence-electron chi connectivity index (χ0n) is 22.2. The van der Waals surface area contributed by atoms with E-state index in [1.165, 1.54) is 19.3 Å². The number of rotatable bonds is 12. The van der Waals surface area contributed by atoms with Gasteiger partial charge in [-0.1, -0.05) is 32.1 Å². The third kappa shape index (κ3) is 7.83. The molecule has 0 aromatic heterocycles. The van der Waals surface area contributed by atoms with Crippen LogP contribution in [-0.2, 0) is 9.59 Å². The second-order valence-corrected chi connectivity index (χ2v) is 13.0. The highest BCUT2D eigenvalue weighted by molar-refractivity contribution is 5.83. The molecule has 2 fully saturated rings. The molecule has 2 aliphatic rings. The zero-order valence-corrected chi connectivity index (χ0v) is 22.2. The van der Waals surface area contributed by atoms with E-state index in [1.807, 2.05) is 0 Å². The van der Waals surface area contributed by atoms with Crippen molar-refractivity contribution in [3.05, 3.63) is 0 Å². The van der Waals surface area contributed by atoms with Crippen molar-refractivity contribution in [2.75, 3.05) is 6.54 Å². The van der Waals surface area contributed by atoms with Gasteiger partial charge in [0.25, 0.3) is 0 Å². The highest BCUT2D eigenvalue weighted by atomic mass is 16.2. The van der Waals surface area contributed by atoms with Crippen LogP contribution in [-0.4, -0.2) is 40.4 Å². The van der Waals surface area contributed by atoms with Crippen LogP contribution in [0.15, 0.2) is 0 Å². The summed E-state index contributed by atoms with van der Waals surface area (Å²) in [5.41, 5.74) is -0.146. The Morgan fingerprint density at radius 2 is 1.12 bits per heavy atom. The van der Waals surface area contributed by atoms with Gasteiger partial charge >= 0.3 is 0 Å². The van der Waals surface area contributed by atoms with Crippen LogP contribution >= 0.6 is 0 Å². The molecule has 3 N–H and O–H groups in total. The third-order valence-corrected chi connectivity index (χ3v) is 7.60. The number of ketones is 1. The summed E-state index contributed by atoms with van der Waals surface area (Å²) in [6.07, 6.45) is 10.6. The summed E-state index contributed by atoms with van der Waals surface area (Å²) in [6, 6.07) is 0. The summed E-state index contributed by atoms with van der Waals surface area (Å²) in [7, 11) is 0. The molecule has 2 saturated heterocycles. The first-order valence-electron chi connectivity index (χ1n) is 13.0. The molecule has 0 radical (unpaired) electrons. The van der Waals surface area contributed by atoms with Crippen molar-refractivity contribution in [2.24, 2.45) is 11.8 Å². The van der Waals surface area contributed by atoms with Crippen molar-refractivity contribution < 1.29 is 9.59 Å². The van der Waals surface area contributed by atoms with Crippen LogP contribution < -0.4 is 16.0 Å². The van der Waals surface area contributed by atoms with Gasteiger partial charge in [-0.25, -0.2) is 0 Å². The first-order valence-corrected chi connectivity index (χ1v) is 13.0. The van der Waals surface area contributed by atoms with Crippen LogP contribution in [0.25, 0.3) is 0 Å². The molecule has 0 spiro atoms. The maximum absolute atomic E-state index is 12.7. The van der Waals surface area contributed by atoms with Gasteiger partial charge in [-0.3, -0.25) is 9.59 Å². The van der Waals surface area contributed by atoms with Crippen LogP contribution in [0.4, 0.5) is 0 Å². The van der Waals surface area contributed by atoms with Gasteiger partial charge in [0.1, 0.15) is 5.78 Å². The second-order valence-electron chi connectivity index (χ2n) is 13.0. The molecule has 2 aliphatic heterocycles. The average Bonchev–Trinajstić information content (AvgIpc) is 3.01. The SMILES string of the molecule is CC1(C)CC(C(=O)CCCCCCCCCNC(=O)C2CC(C)(C)NC2(C)C)C(C)(C)N1. The molecule has 0 bridgehead atoms. The molecule has 2 unspecified atom stereocenters. The number of carbonyl (C=O) groups excluding carboxylic acids is 2. The molecule has 2 rings (SSSR count). The van der Waals surface area contributed by atoms with Gasteiger partial charge in [-0.05, 0) is 81.1 Å². The number of nitrogens with one attached hydrogen (secondary N) is 3. The van der Waals surface area contributed by atoms with Gasteiger partial charge in [0.05, 0.1) is 5.92 Å². The summed E-state index contributed by atoms with van der Waals surface area (Å²) < 4.78 is 0. The second kappa shape index (κ2) is 10.5. The molecular formula is C27H51N3O2. The summed E-state index contributed by atoms with van der Waals surface area (Å²) in [6.45, 7) is 18.1. The Morgan fingerprint density at radius 1 is 0.688 bits per heavy atom. The first-order chi connectivity index (χ1) is 14.7. The first kappa shape index (κ1) is 27.3. The monoisotopic (exact) mass is 449 g/mol. The summed E-state index contributed by atoms with van der Waals surface area (Å²) in [5.74, 6) is 0.816. The maximum Gasteiger partial charge on any atom is 0.225 e. The number of hydrogen-bond acceptors (Lipinski definition) is 4. The molecule has 0 aliphatic carbocycles. The lowest BCUT2D eigenvalue weighted by Crippen LogP contribution is -2.48. The molecule has 1 amide bonds. The summed E-state index contributed by atoms with van der Waals surface area (Å²) >= 11 is 0.